The van der Waals surface area contributed by atoms with Crippen LogP contribution in [0, 0.1) is 5.82 Å². The molecule has 80 valence electrons. The van der Waals surface area contributed by atoms with Gasteiger partial charge in [-0.25, -0.2) is 4.39 Å². The van der Waals surface area contributed by atoms with Gasteiger partial charge in [-0.1, -0.05) is 59.0 Å². The van der Waals surface area contributed by atoms with E-state index < -0.39 is 0 Å². The van der Waals surface area contributed by atoms with Crippen LogP contribution in [0.5, 0.6) is 0 Å². The fourth-order valence-corrected chi connectivity index (χ4v) is 1.99. The Hall–Kier alpha value is -1.16. The molecule has 16 heavy (non-hydrogen) atoms. The smallest absolute Gasteiger partial charge is 0.123 e. The minimum absolute atomic E-state index is 0.203. The van der Waals surface area contributed by atoms with Gasteiger partial charge in [0.15, 0.2) is 0 Å². The second kappa shape index (κ2) is 5.25. The van der Waals surface area contributed by atoms with E-state index in [1.807, 2.05) is 34.4 Å². The zero-order valence-corrected chi connectivity index (χ0v) is 10.7. The highest BCUT2D eigenvalue weighted by Gasteiger charge is 2.01. The molecule has 0 unspecified atom stereocenters. The summed E-state index contributed by atoms with van der Waals surface area (Å²) in [6, 6.07) is 14.7. The van der Waals surface area contributed by atoms with Crippen LogP contribution in [0.4, 0.5) is 4.39 Å². The zero-order valence-electron chi connectivity index (χ0n) is 8.53. The molecule has 0 N–H and O–H groups in total. The van der Waals surface area contributed by atoms with Crippen LogP contribution in [-0.4, -0.2) is 0 Å². The summed E-state index contributed by atoms with van der Waals surface area (Å²) in [5.41, 5.74) is 3.30. The minimum Gasteiger partial charge on any atom is -0.207 e. The molecule has 0 fully saturated rings. The monoisotopic (exact) mass is 324 g/mol. The first-order valence-corrected chi connectivity index (χ1v) is 6.17. The van der Waals surface area contributed by atoms with E-state index in [2.05, 4.69) is 22.6 Å². The van der Waals surface area contributed by atoms with Crippen LogP contribution in [0.15, 0.2) is 52.6 Å². The Morgan fingerprint density at radius 3 is 2.31 bits per heavy atom. The summed E-state index contributed by atoms with van der Waals surface area (Å²) in [7, 11) is 0. The molecule has 0 nitrogen and oxygen atoms in total. The molecular formula is C14H10FI. The van der Waals surface area contributed by atoms with Crippen molar-refractivity contribution in [3.05, 3.63) is 64.0 Å². The molecule has 0 aliphatic rings. The van der Waals surface area contributed by atoms with Gasteiger partial charge in [0.1, 0.15) is 5.82 Å². The number of hydrogen-bond donors (Lipinski definition) is 0. The lowest BCUT2D eigenvalue weighted by Crippen LogP contribution is -1.83. The lowest BCUT2D eigenvalue weighted by Gasteiger charge is -2.05. The summed E-state index contributed by atoms with van der Waals surface area (Å²) < 4.78 is 14.8. The van der Waals surface area contributed by atoms with E-state index in [-0.39, 0.29) is 5.82 Å². The molecule has 0 amide bonds. The van der Waals surface area contributed by atoms with Crippen molar-refractivity contribution in [3.8, 4) is 11.1 Å². The van der Waals surface area contributed by atoms with Crippen molar-refractivity contribution in [2.24, 2.45) is 0 Å². The van der Waals surface area contributed by atoms with E-state index >= 15 is 0 Å². The molecule has 2 aromatic rings. The Morgan fingerprint density at radius 2 is 1.62 bits per heavy atom. The van der Waals surface area contributed by atoms with Crippen LogP contribution in [0.2, 0.25) is 0 Å². The van der Waals surface area contributed by atoms with Crippen LogP contribution in [0.1, 0.15) is 5.56 Å². The summed E-state index contributed by atoms with van der Waals surface area (Å²) in [6.45, 7) is 0. The lowest BCUT2D eigenvalue weighted by molar-refractivity contribution is 0.628. The molecule has 0 atom stereocenters. The van der Waals surface area contributed by atoms with Gasteiger partial charge in [-0.2, -0.15) is 0 Å². The molecule has 0 aliphatic heterocycles. The lowest BCUT2D eigenvalue weighted by atomic mass is 10.00. The van der Waals surface area contributed by atoms with Crippen molar-refractivity contribution < 1.29 is 4.39 Å². The molecular weight excluding hydrogens is 314 g/mol. The van der Waals surface area contributed by atoms with E-state index in [1.165, 1.54) is 12.1 Å². The molecule has 2 aromatic carbocycles. The normalized spacial score (nSPS) is 10.9. The van der Waals surface area contributed by atoms with Gasteiger partial charge in [-0.3, -0.25) is 0 Å². The van der Waals surface area contributed by atoms with Crippen LogP contribution in [-0.2, 0) is 0 Å². The first kappa shape index (κ1) is 11.3. The summed E-state index contributed by atoms with van der Waals surface area (Å²) in [5, 5.41) is 0. The van der Waals surface area contributed by atoms with Crippen LogP contribution >= 0.6 is 22.6 Å². The van der Waals surface area contributed by atoms with Gasteiger partial charge < -0.3 is 0 Å². The molecule has 0 radical (unpaired) electrons. The maximum absolute atomic E-state index is 12.8. The largest absolute Gasteiger partial charge is 0.207 e. The molecule has 0 bridgehead atoms. The third kappa shape index (κ3) is 2.50. The van der Waals surface area contributed by atoms with Gasteiger partial charge in [-0.15, -0.1) is 0 Å². The van der Waals surface area contributed by atoms with Gasteiger partial charge in [-0.05, 0) is 39.0 Å². The van der Waals surface area contributed by atoms with Crippen molar-refractivity contribution in [1.82, 2.24) is 0 Å². The number of hydrogen-bond acceptors (Lipinski definition) is 0. The first-order valence-electron chi connectivity index (χ1n) is 4.93. The molecule has 0 spiro atoms. The van der Waals surface area contributed by atoms with Crippen LogP contribution in [0.25, 0.3) is 17.2 Å². The zero-order chi connectivity index (χ0) is 11.4. The Balaban J connectivity index is 2.51. The van der Waals surface area contributed by atoms with Crippen LogP contribution < -0.4 is 0 Å². The third-order valence-corrected chi connectivity index (χ3v) is 2.72. The van der Waals surface area contributed by atoms with Crippen molar-refractivity contribution in [3.63, 3.8) is 0 Å². The molecule has 0 saturated heterocycles. The van der Waals surface area contributed by atoms with E-state index in [4.69, 9.17) is 0 Å². The van der Waals surface area contributed by atoms with E-state index in [0.29, 0.717) is 0 Å². The fraction of sp³-hybridized carbons (Fsp3) is 0. The summed E-state index contributed by atoms with van der Waals surface area (Å²) in [5.74, 6) is -0.203. The molecule has 0 saturated carbocycles. The van der Waals surface area contributed by atoms with Crippen molar-refractivity contribution >= 4 is 28.7 Å². The summed E-state index contributed by atoms with van der Waals surface area (Å²) in [6.07, 6.45) is 2.04. The predicted octanol–water partition coefficient (Wildman–Crippen LogP) is 4.90. The fourth-order valence-electron chi connectivity index (χ4n) is 1.60. The highest BCUT2D eigenvalue weighted by Crippen LogP contribution is 2.25. The highest BCUT2D eigenvalue weighted by molar-refractivity contribution is 14.1. The molecule has 0 aliphatic carbocycles. The standard InChI is InChI=1S/C14H10FI/c15-13-7-5-12(6-8-13)14-4-2-1-3-11(14)9-10-16/h1-10H/b10-9+. The topological polar surface area (TPSA) is 0 Å². The average Bonchev–Trinajstić information content (AvgIpc) is 2.32. The van der Waals surface area contributed by atoms with Gasteiger partial charge in [0.05, 0.1) is 0 Å². The highest BCUT2D eigenvalue weighted by atomic mass is 127. The van der Waals surface area contributed by atoms with Crippen molar-refractivity contribution in [2.45, 2.75) is 0 Å². The van der Waals surface area contributed by atoms with Gasteiger partial charge >= 0.3 is 0 Å². The Kier molecular flexibility index (Phi) is 3.72. The Morgan fingerprint density at radius 1 is 0.938 bits per heavy atom. The maximum atomic E-state index is 12.8. The molecule has 0 heterocycles. The van der Waals surface area contributed by atoms with Gasteiger partial charge in [0, 0.05) is 0 Å². The van der Waals surface area contributed by atoms with Crippen molar-refractivity contribution in [2.75, 3.05) is 0 Å². The Bertz CT molecular complexity index is 500. The first-order chi connectivity index (χ1) is 7.81. The quantitative estimate of drug-likeness (QED) is 0.690. The number of halogens is 2. The molecule has 2 heteroatoms. The third-order valence-electron chi connectivity index (χ3n) is 2.36. The van der Waals surface area contributed by atoms with E-state index in [9.17, 15) is 4.39 Å². The molecule has 2 rings (SSSR count). The van der Waals surface area contributed by atoms with Gasteiger partial charge in [0.2, 0.25) is 0 Å². The summed E-state index contributed by atoms with van der Waals surface area (Å²) >= 11 is 2.19. The second-order valence-corrected chi connectivity index (χ2v) is 4.11. The Labute approximate surface area is 108 Å². The summed E-state index contributed by atoms with van der Waals surface area (Å²) in [4.78, 5) is 0. The maximum Gasteiger partial charge on any atom is 0.123 e. The number of rotatable bonds is 2. The molecule has 0 aromatic heterocycles. The second-order valence-electron chi connectivity index (χ2n) is 3.39. The average molecular weight is 324 g/mol. The number of benzene rings is 2. The predicted molar refractivity (Wildman–Crippen MR) is 74.9 cm³/mol. The minimum atomic E-state index is -0.203. The van der Waals surface area contributed by atoms with Gasteiger partial charge in [0.25, 0.3) is 0 Å². The van der Waals surface area contributed by atoms with E-state index in [1.54, 1.807) is 12.1 Å². The van der Waals surface area contributed by atoms with Crippen molar-refractivity contribution in [1.29, 1.82) is 0 Å². The van der Waals surface area contributed by atoms with Crippen LogP contribution in [0.3, 0.4) is 0 Å². The van der Waals surface area contributed by atoms with E-state index in [0.717, 1.165) is 16.7 Å². The SMILES string of the molecule is Fc1ccc(-c2ccccc2/C=C/I)cc1.